The molecule has 1 aromatic carbocycles. The molecule has 0 spiro atoms. The van der Waals surface area contributed by atoms with E-state index in [9.17, 15) is 14.5 Å². The van der Waals surface area contributed by atoms with Crippen LogP contribution in [-0.4, -0.2) is 36.5 Å². The van der Waals surface area contributed by atoms with Crippen molar-refractivity contribution in [2.24, 2.45) is 5.92 Å². The largest absolute Gasteiger partial charge is 0.309 e. The van der Waals surface area contributed by atoms with Gasteiger partial charge < -0.3 is 10.2 Å². The molecule has 1 N–H and O–H groups in total. The van der Waals surface area contributed by atoms with E-state index >= 15 is 0 Å². The van der Waals surface area contributed by atoms with Gasteiger partial charge in [0.25, 0.3) is 0 Å². The molecular formula is C15H24FN3O2. The summed E-state index contributed by atoms with van der Waals surface area (Å²) in [6.07, 6.45) is 0.967. The lowest BCUT2D eigenvalue weighted by atomic mass is 10.0. The van der Waals surface area contributed by atoms with Crippen molar-refractivity contribution in [3.8, 4) is 0 Å². The summed E-state index contributed by atoms with van der Waals surface area (Å²) >= 11 is 0. The van der Waals surface area contributed by atoms with Crippen LogP contribution < -0.4 is 5.32 Å². The third-order valence-electron chi connectivity index (χ3n) is 3.18. The summed E-state index contributed by atoms with van der Waals surface area (Å²) in [4.78, 5) is 12.1. The predicted molar refractivity (Wildman–Crippen MR) is 81.7 cm³/mol. The first kappa shape index (κ1) is 17.5. The van der Waals surface area contributed by atoms with Crippen LogP contribution in [0, 0.1) is 21.8 Å². The Morgan fingerprint density at radius 1 is 1.38 bits per heavy atom. The van der Waals surface area contributed by atoms with Gasteiger partial charge in [-0.25, -0.2) is 0 Å². The van der Waals surface area contributed by atoms with Gasteiger partial charge in [0, 0.05) is 30.8 Å². The summed E-state index contributed by atoms with van der Waals surface area (Å²) < 4.78 is 14.0. The Balaban J connectivity index is 2.75. The zero-order chi connectivity index (χ0) is 16.0. The van der Waals surface area contributed by atoms with Crippen molar-refractivity contribution in [2.45, 2.75) is 32.9 Å². The quantitative estimate of drug-likeness (QED) is 0.592. The van der Waals surface area contributed by atoms with Crippen molar-refractivity contribution >= 4 is 5.69 Å². The third kappa shape index (κ3) is 5.77. The van der Waals surface area contributed by atoms with E-state index in [1.165, 1.54) is 12.1 Å². The molecule has 21 heavy (non-hydrogen) atoms. The van der Waals surface area contributed by atoms with E-state index in [0.717, 1.165) is 13.0 Å². The monoisotopic (exact) mass is 297 g/mol. The minimum atomic E-state index is -0.747. The zero-order valence-corrected chi connectivity index (χ0v) is 13.1. The van der Waals surface area contributed by atoms with Crippen molar-refractivity contribution < 1.29 is 9.31 Å². The molecule has 0 bridgehead atoms. The molecule has 6 heteroatoms. The number of nitrogens with one attached hydrogen (secondary N) is 1. The van der Waals surface area contributed by atoms with Gasteiger partial charge in [-0.05, 0) is 26.4 Å². The molecule has 0 amide bonds. The topological polar surface area (TPSA) is 58.4 Å². The second-order valence-electron chi connectivity index (χ2n) is 5.98. The molecule has 1 rings (SSSR count). The molecule has 0 heterocycles. The summed E-state index contributed by atoms with van der Waals surface area (Å²) in [7, 11) is 3.98. The number of benzene rings is 1. The summed E-state index contributed by atoms with van der Waals surface area (Å²) in [6.45, 7) is 5.41. The van der Waals surface area contributed by atoms with Gasteiger partial charge in [-0.1, -0.05) is 26.0 Å². The van der Waals surface area contributed by atoms with Gasteiger partial charge in [-0.15, -0.1) is 0 Å². The minimum Gasteiger partial charge on any atom is -0.309 e. The molecule has 0 saturated carbocycles. The maximum atomic E-state index is 14.0. The Labute approximate surface area is 125 Å². The summed E-state index contributed by atoms with van der Waals surface area (Å²) in [5.74, 6) is -0.222. The Morgan fingerprint density at radius 3 is 2.57 bits per heavy atom. The van der Waals surface area contributed by atoms with Crippen molar-refractivity contribution in [3.63, 3.8) is 0 Å². The number of halogens is 1. The van der Waals surface area contributed by atoms with Gasteiger partial charge in [0.15, 0.2) is 0 Å². The third-order valence-corrected chi connectivity index (χ3v) is 3.18. The molecule has 1 aromatic rings. The van der Waals surface area contributed by atoms with Crippen molar-refractivity contribution in [3.05, 3.63) is 39.7 Å². The lowest BCUT2D eigenvalue weighted by Gasteiger charge is -2.24. The molecule has 1 atom stereocenters. The van der Waals surface area contributed by atoms with Gasteiger partial charge in [-0.3, -0.25) is 10.1 Å². The molecule has 118 valence electrons. The van der Waals surface area contributed by atoms with Gasteiger partial charge >= 0.3 is 5.69 Å². The summed E-state index contributed by atoms with van der Waals surface area (Å²) in [5, 5.41) is 14.0. The van der Waals surface area contributed by atoms with Crippen LogP contribution in [-0.2, 0) is 6.54 Å². The molecule has 0 radical (unpaired) electrons. The average Bonchev–Trinajstić information content (AvgIpc) is 2.35. The van der Waals surface area contributed by atoms with Crippen LogP contribution >= 0.6 is 0 Å². The van der Waals surface area contributed by atoms with Crippen LogP contribution in [0.25, 0.3) is 0 Å². The molecule has 5 nitrogen and oxygen atoms in total. The Bertz CT molecular complexity index is 468. The van der Waals surface area contributed by atoms with Crippen LogP contribution in [0.5, 0.6) is 0 Å². The highest BCUT2D eigenvalue weighted by molar-refractivity contribution is 5.36. The first-order chi connectivity index (χ1) is 9.81. The molecular weight excluding hydrogens is 273 g/mol. The first-order valence-corrected chi connectivity index (χ1v) is 7.11. The second-order valence-corrected chi connectivity index (χ2v) is 5.98. The van der Waals surface area contributed by atoms with Crippen LogP contribution in [0.1, 0.15) is 25.8 Å². The Kier molecular flexibility index (Phi) is 6.71. The van der Waals surface area contributed by atoms with Gasteiger partial charge in [0.1, 0.15) is 0 Å². The zero-order valence-electron chi connectivity index (χ0n) is 13.1. The summed E-state index contributed by atoms with van der Waals surface area (Å²) in [6, 6.07) is 4.50. The van der Waals surface area contributed by atoms with E-state index in [2.05, 4.69) is 24.1 Å². The lowest BCUT2D eigenvalue weighted by Crippen LogP contribution is -2.39. The van der Waals surface area contributed by atoms with E-state index in [0.29, 0.717) is 18.0 Å². The Morgan fingerprint density at radius 2 is 2.05 bits per heavy atom. The van der Waals surface area contributed by atoms with Crippen LogP contribution in [0.4, 0.5) is 10.1 Å². The van der Waals surface area contributed by atoms with Crippen molar-refractivity contribution in [1.82, 2.24) is 10.2 Å². The highest BCUT2D eigenvalue weighted by Gasteiger charge is 2.18. The fourth-order valence-electron chi connectivity index (χ4n) is 2.33. The number of nitro groups is 1. The standard InChI is InChI=1S/C15H24FN3O2/c1-11(2)8-13(10-18(3)4)17-9-12-6-5-7-14(15(12)16)19(20)21/h5-7,11,13,17H,8-10H2,1-4H3. The predicted octanol–water partition coefficient (Wildman–Crippen LogP) is 2.80. The molecule has 1 unspecified atom stereocenters. The first-order valence-electron chi connectivity index (χ1n) is 7.11. The maximum Gasteiger partial charge on any atom is 0.305 e. The molecule has 0 aromatic heterocycles. The molecule has 0 saturated heterocycles. The molecule has 0 aliphatic rings. The number of nitrogens with zero attached hydrogens (tertiary/aromatic N) is 2. The second kappa shape index (κ2) is 8.05. The van der Waals surface area contributed by atoms with E-state index in [4.69, 9.17) is 0 Å². The van der Waals surface area contributed by atoms with Gasteiger partial charge in [-0.2, -0.15) is 4.39 Å². The SMILES string of the molecule is CC(C)CC(CN(C)C)NCc1cccc([N+](=O)[O-])c1F. The molecule has 0 aliphatic carbocycles. The van der Waals surface area contributed by atoms with E-state index in [1.807, 2.05) is 14.1 Å². The lowest BCUT2D eigenvalue weighted by molar-refractivity contribution is -0.387. The van der Waals surface area contributed by atoms with Crippen molar-refractivity contribution in [2.75, 3.05) is 20.6 Å². The van der Waals surface area contributed by atoms with Crippen LogP contribution in [0.3, 0.4) is 0 Å². The van der Waals surface area contributed by atoms with Crippen LogP contribution in [0.15, 0.2) is 18.2 Å². The number of nitro benzene ring substituents is 1. The smallest absolute Gasteiger partial charge is 0.305 e. The highest BCUT2D eigenvalue weighted by Crippen LogP contribution is 2.20. The number of hydrogen-bond acceptors (Lipinski definition) is 4. The molecule has 0 aliphatic heterocycles. The average molecular weight is 297 g/mol. The fourth-order valence-corrected chi connectivity index (χ4v) is 2.33. The maximum absolute atomic E-state index is 14.0. The summed E-state index contributed by atoms with van der Waals surface area (Å²) in [5.41, 5.74) is -0.140. The number of hydrogen-bond donors (Lipinski definition) is 1. The number of likely N-dealkylation sites (N-methyl/N-ethyl adjacent to an activating group) is 1. The normalized spacial score (nSPS) is 12.9. The number of rotatable bonds is 8. The minimum absolute atomic E-state index is 0.221. The van der Waals surface area contributed by atoms with E-state index in [-0.39, 0.29) is 6.04 Å². The van der Waals surface area contributed by atoms with E-state index in [1.54, 1.807) is 6.07 Å². The fraction of sp³-hybridized carbons (Fsp3) is 0.600. The molecule has 0 fully saturated rings. The Hall–Kier alpha value is -1.53. The highest BCUT2D eigenvalue weighted by atomic mass is 19.1. The van der Waals surface area contributed by atoms with E-state index < -0.39 is 16.4 Å². The van der Waals surface area contributed by atoms with Gasteiger partial charge in [0.05, 0.1) is 4.92 Å². The van der Waals surface area contributed by atoms with Gasteiger partial charge in [0.2, 0.25) is 5.82 Å². The van der Waals surface area contributed by atoms with Crippen molar-refractivity contribution in [1.29, 1.82) is 0 Å². The van der Waals surface area contributed by atoms with Crippen LogP contribution in [0.2, 0.25) is 0 Å².